The van der Waals surface area contributed by atoms with Crippen LogP contribution in [0.4, 0.5) is 18.9 Å². The topological polar surface area (TPSA) is 55.4 Å². The SMILES string of the molecule is COC(=O)CCC(=O)Nc1ccc(Br)c(C(F)(F)F)c1. The molecule has 0 heterocycles. The molecule has 8 heteroatoms. The van der Waals surface area contributed by atoms with E-state index in [1.54, 1.807) is 0 Å². The van der Waals surface area contributed by atoms with Gasteiger partial charge in [-0.3, -0.25) is 9.59 Å². The van der Waals surface area contributed by atoms with E-state index in [1.165, 1.54) is 19.2 Å². The van der Waals surface area contributed by atoms with Crippen molar-refractivity contribution in [3.05, 3.63) is 28.2 Å². The molecule has 0 bridgehead atoms. The van der Waals surface area contributed by atoms with Crippen LogP contribution >= 0.6 is 15.9 Å². The molecule has 0 aliphatic rings. The lowest BCUT2D eigenvalue weighted by Gasteiger charge is -2.11. The van der Waals surface area contributed by atoms with Gasteiger partial charge in [-0.05, 0) is 18.2 Å². The molecule has 1 rings (SSSR count). The van der Waals surface area contributed by atoms with Crippen molar-refractivity contribution in [1.82, 2.24) is 0 Å². The summed E-state index contributed by atoms with van der Waals surface area (Å²) in [4.78, 5) is 22.3. The smallest absolute Gasteiger partial charge is 0.417 e. The zero-order valence-corrected chi connectivity index (χ0v) is 12.0. The van der Waals surface area contributed by atoms with E-state index in [4.69, 9.17) is 0 Å². The van der Waals surface area contributed by atoms with Crippen LogP contribution < -0.4 is 5.32 Å². The maximum absolute atomic E-state index is 12.7. The molecule has 0 aromatic heterocycles. The number of nitrogens with one attached hydrogen (secondary N) is 1. The summed E-state index contributed by atoms with van der Waals surface area (Å²) in [6.07, 6.45) is -4.82. The van der Waals surface area contributed by atoms with E-state index < -0.39 is 23.6 Å². The minimum Gasteiger partial charge on any atom is -0.469 e. The summed E-state index contributed by atoms with van der Waals surface area (Å²) in [5, 5.41) is 2.29. The number of anilines is 1. The van der Waals surface area contributed by atoms with Crippen LogP contribution in [-0.4, -0.2) is 19.0 Å². The molecule has 0 spiro atoms. The highest BCUT2D eigenvalue weighted by atomic mass is 79.9. The van der Waals surface area contributed by atoms with Crippen LogP contribution in [-0.2, 0) is 20.5 Å². The van der Waals surface area contributed by atoms with Gasteiger partial charge in [0.1, 0.15) is 0 Å². The molecular weight excluding hydrogens is 343 g/mol. The van der Waals surface area contributed by atoms with Crippen LogP contribution in [0.2, 0.25) is 0 Å². The Balaban J connectivity index is 2.74. The molecule has 0 radical (unpaired) electrons. The predicted molar refractivity (Wildman–Crippen MR) is 69.0 cm³/mol. The van der Waals surface area contributed by atoms with Gasteiger partial charge in [-0.15, -0.1) is 0 Å². The number of benzene rings is 1. The van der Waals surface area contributed by atoms with Crippen LogP contribution in [0.25, 0.3) is 0 Å². The lowest BCUT2D eigenvalue weighted by atomic mass is 10.2. The Morgan fingerprint density at radius 3 is 2.50 bits per heavy atom. The maximum Gasteiger partial charge on any atom is 0.417 e. The standard InChI is InChI=1S/C12H11BrF3NO3/c1-20-11(19)5-4-10(18)17-7-2-3-9(13)8(6-7)12(14,15)16/h2-3,6H,4-5H2,1H3,(H,17,18). The van der Waals surface area contributed by atoms with Crippen molar-refractivity contribution in [2.75, 3.05) is 12.4 Å². The maximum atomic E-state index is 12.7. The number of hydrogen-bond donors (Lipinski definition) is 1. The number of carbonyl (C=O) groups excluding carboxylic acids is 2. The van der Waals surface area contributed by atoms with E-state index in [1.807, 2.05) is 0 Å². The molecule has 0 saturated heterocycles. The molecule has 20 heavy (non-hydrogen) atoms. The van der Waals surface area contributed by atoms with E-state index in [2.05, 4.69) is 26.0 Å². The number of carbonyl (C=O) groups is 2. The second-order valence-corrected chi connectivity index (χ2v) is 4.67. The Hall–Kier alpha value is -1.57. The van der Waals surface area contributed by atoms with Gasteiger partial charge in [0.25, 0.3) is 0 Å². The first-order valence-corrected chi connectivity index (χ1v) is 6.26. The average molecular weight is 354 g/mol. The van der Waals surface area contributed by atoms with Crippen LogP contribution in [0.5, 0.6) is 0 Å². The first kappa shape index (κ1) is 16.5. The monoisotopic (exact) mass is 353 g/mol. The van der Waals surface area contributed by atoms with E-state index in [-0.39, 0.29) is 23.0 Å². The third-order valence-electron chi connectivity index (χ3n) is 2.34. The number of esters is 1. The third-order valence-corrected chi connectivity index (χ3v) is 3.03. The zero-order chi connectivity index (χ0) is 15.3. The second kappa shape index (κ2) is 6.74. The zero-order valence-electron chi connectivity index (χ0n) is 10.4. The Bertz CT molecular complexity index is 517. The van der Waals surface area contributed by atoms with Gasteiger partial charge in [0.05, 0.1) is 19.1 Å². The molecule has 1 aromatic rings. The summed E-state index contributed by atoms with van der Waals surface area (Å²) in [7, 11) is 1.19. The van der Waals surface area contributed by atoms with E-state index >= 15 is 0 Å². The van der Waals surface area contributed by atoms with Gasteiger partial charge in [0, 0.05) is 16.6 Å². The molecule has 1 aromatic carbocycles. The largest absolute Gasteiger partial charge is 0.469 e. The highest BCUT2D eigenvalue weighted by molar-refractivity contribution is 9.10. The van der Waals surface area contributed by atoms with Crippen molar-refractivity contribution in [3.63, 3.8) is 0 Å². The fraction of sp³-hybridized carbons (Fsp3) is 0.333. The average Bonchev–Trinajstić information content (AvgIpc) is 2.37. The normalized spacial score (nSPS) is 11.1. The summed E-state index contributed by atoms with van der Waals surface area (Å²) in [5.41, 5.74) is -0.876. The lowest BCUT2D eigenvalue weighted by molar-refractivity contribution is -0.141. The molecule has 0 saturated carbocycles. The molecule has 0 aliphatic heterocycles. The van der Waals surface area contributed by atoms with Gasteiger partial charge in [0.2, 0.25) is 5.91 Å². The van der Waals surface area contributed by atoms with Gasteiger partial charge in [-0.1, -0.05) is 15.9 Å². The molecule has 0 aliphatic carbocycles. The minimum absolute atomic E-state index is 0.00962. The number of methoxy groups -OCH3 is 1. The summed E-state index contributed by atoms with van der Waals surface area (Å²) in [6.45, 7) is 0. The highest BCUT2D eigenvalue weighted by Gasteiger charge is 2.33. The Morgan fingerprint density at radius 1 is 1.30 bits per heavy atom. The first-order valence-electron chi connectivity index (χ1n) is 5.47. The Morgan fingerprint density at radius 2 is 1.95 bits per heavy atom. The number of amides is 1. The van der Waals surface area contributed by atoms with Gasteiger partial charge >= 0.3 is 12.1 Å². The van der Waals surface area contributed by atoms with Crippen LogP contribution in [0.15, 0.2) is 22.7 Å². The van der Waals surface area contributed by atoms with Crippen molar-refractivity contribution >= 4 is 33.5 Å². The molecule has 0 unspecified atom stereocenters. The molecule has 0 atom stereocenters. The first-order chi connectivity index (χ1) is 9.24. The van der Waals surface area contributed by atoms with Crippen molar-refractivity contribution in [2.45, 2.75) is 19.0 Å². The minimum atomic E-state index is -4.52. The molecule has 1 N–H and O–H groups in total. The van der Waals surface area contributed by atoms with E-state index in [9.17, 15) is 22.8 Å². The fourth-order valence-electron chi connectivity index (χ4n) is 1.36. The lowest BCUT2D eigenvalue weighted by Crippen LogP contribution is -2.15. The molecule has 4 nitrogen and oxygen atoms in total. The van der Waals surface area contributed by atoms with Crippen molar-refractivity contribution in [2.24, 2.45) is 0 Å². The van der Waals surface area contributed by atoms with Gasteiger partial charge in [-0.25, -0.2) is 0 Å². The number of rotatable bonds is 4. The van der Waals surface area contributed by atoms with Crippen molar-refractivity contribution < 1.29 is 27.5 Å². The van der Waals surface area contributed by atoms with Gasteiger partial charge in [-0.2, -0.15) is 13.2 Å². The number of halogens is 4. The molecule has 1 amide bonds. The highest BCUT2D eigenvalue weighted by Crippen LogP contribution is 2.36. The Labute approximate surface area is 121 Å². The van der Waals surface area contributed by atoms with Gasteiger partial charge < -0.3 is 10.1 Å². The van der Waals surface area contributed by atoms with Crippen LogP contribution in [0.1, 0.15) is 18.4 Å². The number of ether oxygens (including phenoxy) is 1. The fourth-order valence-corrected chi connectivity index (χ4v) is 1.83. The quantitative estimate of drug-likeness (QED) is 0.844. The van der Waals surface area contributed by atoms with Crippen molar-refractivity contribution in [3.8, 4) is 0 Å². The molecular formula is C12H11BrF3NO3. The second-order valence-electron chi connectivity index (χ2n) is 3.82. The van der Waals surface area contributed by atoms with E-state index in [0.717, 1.165) is 6.07 Å². The number of alkyl halides is 3. The summed E-state index contributed by atoms with van der Waals surface area (Å²) in [6, 6.07) is 3.34. The van der Waals surface area contributed by atoms with Crippen LogP contribution in [0.3, 0.4) is 0 Å². The van der Waals surface area contributed by atoms with Crippen LogP contribution in [0, 0.1) is 0 Å². The van der Waals surface area contributed by atoms with Gasteiger partial charge in [0.15, 0.2) is 0 Å². The summed E-state index contributed by atoms with van der Waals surface area (Å²) < 4.78 is 42.2. The third kappa shape index (κ3) is 4.84. The predicted octanol–water partition coefficient (Wildman–Crippen LogP) is 3.36. The molecule has 110 valence electrons. The summed E-state index contributed by atoms with van der Waals surface area (Å²) in [5.74, 6) is -1.13. The number of hydrogen-bond acceptors (Lipinski definition) is 3. The van der Waals surface area contributed by atoms with E-state index in [0.29, 0.717) is 0 Å². The molecule has 0 fully saturated rings. The Kier molecular flexibility index (Phi) is 5.55. The van der Waals surface area contributed by atoms with Crippen molar-refractivity contribution in [1.29, 1.82) is 0 Å². The summed E-state index contributed by atoms with van der Waals surface area (Å²) >= 11 is 2.80.